The molecule has 3 rings (SSSR count). The molecule has 0 aliphatic carbocycles. The van der Waals surface area contributed by atoms with Crippen LogP contribution in [0.25, 0.3) is 0 Å². The standard InChI is InChI=1S/C19H21N5/c1-14-8-9-15(2)23(14)20-12-18-6-5-7-19(22-18)13-21-24-16(3)10-11-17(24)4/h5-13H,1-4H3. The van der Waals surface area contributed by atoms with Crippen LogP contribution in [0.4, 0.5) is 0 Å². The number of nitrogens with zero attached hydrogens (tertiary/aromatic N) is 5. The quantitative estimate of drug-likeness (QED) is 0.677. The highest BCUT2D eigenvalue weighted by Crippen LogP contribution is 2.07. The summed E-state index contributed by atoms with van der Waals surface area (Å²) < 4.78 is 3.80. The van der Waals surface area contributed by atoms with E-state index in [-0.39, 0.29) is 0 Å². The van der Waals surface area contributed by atoms with Crippen LogP contribution in [0.15, 0.2) is 52.7 Å². The Labute approximate surface area is 142 Å². The molecule has 0 aromatic carbocycles. The predicted octanol–water partition coefficient (Wildman–Crippen LogP) is 3.68. The largest absolute Gasteiger partial charge is 0.246 e. The molecule has 3 aromatic rings. The monoisotopic (exact) mass is 319 g/mol. The minimum Gasteiger partial charge on any atom is -0.246 e. The Bertz CT molecular complexity index is 801. The van der Waals surface area contributed by atoms with Gasteiger partial charge in [0.05, 0.1) is 23.8 Å². The lowest BCUT2D eigenvalue weighted by Gasteiger charge is -2.02. The maximum atomic E-state index is 4.57. The lowest BCUT2D eigenvalue weighted by atomic mass is 10.3. The minimum absolute atomic E-state index is 0.799. The minimum atomic E-state index is 0.799. The lowest BCUT2D eigenvalue weighted by Crippen LogP contribution is -1.99. The Hall–Kier alpha value is -2.95. The van der Waals surface area contributed by atoms with E-state index in [2.05, 4.69) is 15.2 Å². The van der Waals surface area contributed by atoms with Gasteiger partial charge in [0.25, 0.3) is 0 Å². The number of pyridine rings is 1. The molecular weight excluding hydrogens is 298 g/mol. The summed E-state index contributed by atoms with van der Waals surface area (Å²) in [6, 6.07) is 14.0. The molecule has 0 atom stereocenters. The van der Waals surface area contributed by atoms with Crippen molar-refractivity contribution in [2.75, 3.05) is 0 Å². The van der Waals surface area contributed by atoms with Crippen molar-refractivity contribution in [2.45, 2.75) is 27.7 Å². The Morgan fingerprint density at radius 3 is 1.42 bits per heavy atom. The molecule has 3 aromatic heterocycles. The maximum absolute atomic E-state index is 4.57. The van der Waals surface area contributed by atoms with Gasteiger partial charge in [0.1, 0.15) is 0 Å². The molecule has 3 heterocycles. The number of rotatable bonds is 4. The number of hydrogen-bond donors (Lipinski definition) is 0. The smallest absolute Gasteiger partial charge is 0.0838 e. The first-order valence-electron chi connectivity index (χ1n) is 7.90. The van der Waals surface area contributed by atoms with Gasteiger partial charge in [-0.05, 0) is 64.1 Å². The Morgan fingerprint density at radius 2 is 1.04 bits per heavy atom. The fourth-order valence-electron chi connectivity index (χ4n) is 2.53. The van der Waals surface area contributed by atoms with Crippen molar-refractivity contribution in [3.8, 4) is 0 Å². The van der Waals surface area contributed by atoms with Crippen LogP contribution < -0.4 is 0 Å². The zero-order valence-electron chi connectivity index (χ0n) is 14.4. The summed E-state index contributed by atoms with van der Waals surface area (Å²) in [4.78, 5) is 4.57. The van der Waals surface area contributed by atoms with Crippen LogP contribution in [0.1, 0.15) is 34.2 Å². The molecule has 0 unspecified atom stereocenters. The van der Waals surface area contributed by atoms with E-state index in [1.54, 1.807) is 12.4 Å². The summed E-state index contributed by atoms with van der Waals surface area (Å²) in [6.07, 6.45) is 3.53. The zero-order chi connectivity index (χ0) is 17.1. The number of hydrogen-bond acceptors (Lipinski definition) is 3. The van der Waals surface area contributed by atoms with Crippen LogP contribution >= 0.6 is 0 Å². The van der Waals surface area contributed by atoms with E-state index in [0.29, 0.717) is 0 Å². The van der Waals surface area contributed by atoms with E-state index in [9.17, 15) is 0 Å². The van der Waals surface area contributed by atoms with Crippen LogP contribution in [0.3, 0.4) is 0 Å². The molecule has 0 saturated heterocycles. The Balaban J connectivity index is 1.82. The molecule has 0 aliphatic rings. The van der Waals surface area contributed by atoms with Gasteiger partial charge in [0.2, 0.25) is 0 Å². The van der Waals surface area contributed by atoms with Crippen molar-refractivity contribution in [2.24, 2.45) is 10.2 Å². The van der Waals surface area contributed by atoms with E-state index < -0.39 is 0 Å². The summed E-state index contributed by atoms with van der Waals surface area (Å²) >= 11 is 0. The van der Waals surface area contributed by atoms with Crippen molar-refractivity contribution in [3.05, 3.63) is 76.6 Å². The second-order valence-corrected chi connectivity index (χ2v) is 5.83. The van der Waals surface area contributed by atoms with Crippen molar-refractivity contribution in [3.63, 3.8) is 0 Å². The summed E-state index contributed by atoms with van der Waals surface area (Å²) in [5.74, 6) is 0. The average molecular weight is 319 g/mol. The first-order chi connectivity index (χ1) is 11.5. The molecule has 122 valence electrons. The number of aromatic nitrogens is 3. The molecule has 0 radical (unpaired) electrons. The van der Waals surface area contributed by atoms with Gasteiger partial charge in [-0.1, -0.05) is 6.07 Å². The van der Waals surface area contributed by atoms with E-state index in [0.717, 1.165) is 34.2 Å². The normalized spacial score (nSPS) is 11.8. The molecule has 0 N–H and O–H groups in total. The van der Waals surface area contributed by atoms with Gasteiger partial charge < -0.3 is 0 Å². The van der Waals surface area contributed by atoms with Crippen LogP contribution in [-0.2, 0) is 0 Å². The third kappa shape index (κ3) is 3.35. The van der Waals surface area contributed by atoms with Crippen molar-refractivity contribution in [1.29, 1.82) is 0 Å². The lowest BCUT2D eigenvalue weighted by molar-refractivity contribution is 0.816. The summed E-state index contributed by atoms with van der Waals surface area (Å²) in [5.41, 5.74) is 5.99. The fraction of sp³-hybridized carbons (Fsp3) is 0.211. The molecule has 0 aliphatic heterocycles. The van der Waals surface area contributed by atoms with E-state index in [4.69, 9.17) is 0 Å². The first-order valence-corrected chi connectivity index (χ1v) is 7.90. The van der Waals surface area contributed by atoms with Gasteiger partial charge in [-0.15, -0.1) is 0 Å². The van der Waals surface area contributed by atoms with Crippen molar-refractivity contribution >= 4 is 12.4 Å². The van der Waals surface area contributed by atoms with Crippen LogP contribution in [0, 0.1) is 27.7 Å². The third-order valence-corrected chi connectivity index (χ3v) is 3.87. The first kappa shape index (κ1) is 15.9. The van der Waals surface area contributed by atoms with Crippen LogP contribution in [-0.4, -0.2) is 26.8 Å². The summed E-state index contributed by atoms with van der Waals surface area (Å²) in [6.45, 7) is 8.12. The molecule has 5 heteroatoms. The third-order valence-electron chi connectivity index (χ3n) is 3.87. The van der Waals surface area contributed by atoms with Crippen molar-refractivity contribution < 1.29 is 0 Å². The fourth-order valence-corrected chi connectivity index (χ4v) is 2.53. The second kappa shape index (κ2) is 6.66. The second-order valence-electron chi connectivity index (χ2n) is 5.83. The zero-order valence-corrected chi connectivity index (χ0v) is 14.4. The molecule has 0 fully saturated rings. The van der Waals surface area contributed by atoms with Gasteiger partial charge in [-0.25, -0.2) is 14.3 Å². The average Bonchev–Trinajstić information content (AvgIpc) is 3.06. The van der Waals surface area contributed by atoms with Gasteiger partial charge in [0, 0.05) is 22.8 Å². The Morgan fingerprint density at radius 1 is 0.667 bits per heavy atom. The van der Waals surface area contributed by atoms with Crippen molar-refractivity contribution in [1.82, 2.24) is 14.3 Å². The molecule has 0 amide bonds. The van der Waals surface area contributed by atoms with Gasteiger partial charge in [-0.3, -0.25) is 0 Å². The molecular formula is C19H21N5. The highest BCUT2D eigenvalue weighted by atomic mass is 15.4. The van der Waals surface area contributed by atoms with E-state index in [1.165, 1.54) is 0 Å². The van der Waals surface area contributed by atoms with E-state index in [1.807, 2.05) is 79.5 Å². The summed E-state index contributed by atoms with van der Waals surface area (Å²) in [5, 5.41) is 8.99. The maximum Gasteiger partial charge on any atom is 0.0838 e. The molecule has 0 spiro atoms. The van der Waals surface area contributed by atoms with Gasteiger partial charge >= 0.3 is 0 Å². The highest BCUT2D eigenvalue weighted by Gasteiger charge is 2.00. The summed E-state index contributed by atoms with van der Waals surface area (Å²) in [7, 11) is 0. The molecule has 24 heavy (non-hydrogen) atoms. The topological polar surface area (TPSA) is 47.5 Å². The highest BCUT2D eigenvalue weighted by molar-refractivity contribution is 5.81. The SMILES string of the molecule is Cc1ccc(C)n1N=Cc1cccc(C=Nn2c(C)ccc2C)n1. The molecule has 0 saturated carbocycles. The molecule has 0 bridgehead atoms. The molecule has 5 nitrogen and oxygen atoms in total. The van der Waals surface area contributed by atoms with Gasteiger partial charge in [0.15, 0.2) is 0 Å². The van der Waals surface area contributed by atoms with Crippen LogP contribution in [0.2, 0.25) is 0 Å². The number of aryl methyl sites for hydroxylation is 4. The Kier molecular flexibility index (Phi) is 4.42. The predicted molar refractivity (Wildman–Crippen MR) is 98.0 cm³/mol. The van der Waals surface area contributed by atoms with E-state index >= 15 is 0 Å². The van der Waals surface area contributed by atoms with Crippen LogP contribution in [0.5, 0.6) is 0 Å². The van der Waals surface area contributed by atoms with Gasteiger partial charge in [-0.2, -0.15) is 10.2 Å².